The Bertz CT molecular complexity index is 1740. The van der Waals surface area contributed by atoms with E-state index in [9.17, 15) is 18.4 Å². The molecule has 1 aromatic heterocycles. The maximum Gasteiger partial charge on any atom is 0.240 e. The van der Waals surface area contributed by atoms with Crippen LogP contribution in [0.5, 0.6) is 5.75 Å². The van der Waals surface area contributed by atoms with Crippen LogP contribution in [0, 0.1) is 28.3 Å². The number of nitrogens with one attached hydrogen (secondary N) is 4. The van der Waals surface area contributed by atoms with Crippen LogP contribution in [0.1, 0.15) is 24.1 Å². The van der Waals surface area contributed by atoms with Gasteiger partial charge in [0.05, 0.1) is 5.69 Å². The molecule has 0 radical (unpaired) electrons. The molecule has 44 heavy (non-hydrogen) atoms. The van der Waals surface area contributed by atoms with Crippen LogP contribution in [0.15, 0.2) is 79.0 Å². The van der Waals surface area contributed by atoms with Gasteiger partial charge in [-0.05, 0) is 98.7 Å². The molecule has 5 rings (SSSR count). The lowest BCUT2D eigenvalue weighted by atomic mass is 10.0. The van der Waals surface area contributed by atoms with Crippen molar-refractivity contribution in [2.75, 3.05) is 24.7 Å². The van der Waals surface area contributed by atoms with E-state index in [0.29, 0.717) is 41.9 Å². The lowest BCUT2D eigenvalue weighted by Crippen LogP contribution is -2.35. The largest absolute Gasteiger partial charge is 0.452 e. The normalized spacial score (nSPS) is 13.8. The second-order valence-corrected chi connectivity index (χ2v) is 10.8. The number of carbonyl (C=O) groups is 2. The van der Waals surface area contributed by atoms with Crippen molar-refractivity contribution in [3.8, 4) is 16.9 Å². The first kappa shape index (κ1) is 30.3. The van der Waals surface area contributed by atoms with E-state index in [1.165, 1.54) is 54.6 Å². The molecule has 0 atom stereocenters. The van der Waals surface area contributed by atoms with E-state index >= 15 is 4.39 Å². The smallest absolute Gasteiger partial charge is 0.240 e. The summed E-state index contributed by atoms with van der Waals surface area (Å²) in [5, 5.41) is 12.8. The van der Waals surface area contributed by atoms with Gasteiger partial charge in [-0.25, -0.2) is 13.2 Å². The molecule has 4 aromatic rings. The predicted octanol–water partition coefficient (Wildman–Crippen LogP) is 6.59. The molecule has 0 saturated heterocycles. The molecule has 4 N–H and O–H groups in total. The maximum atomic E-state index is 15.2. The average molecular weight is 602 g/mol. The summed E-state index contributed by atoms with van der Waals surface area (Å²) in [5.41, 5.74) is 1.51. The molecule has 1 saturated carbocycles. The van der Waals surface area contributed by atoms with Crippen LogP contribution < -0.4 is 15.4 Å². The highest BCUT2D eigenvalue weighted by Gasteiger charge is 2.56. The first-order valence-corrected chi connectivity index (χ1v) is 13.8. The van der Waals surface area contributed by atoms with E-state index in [2.05, 4.69) is 15.6 Å². The number of carbonyl (C=O) groups excluding carboxylic acids is 2. The number of hydrogen-bond donors (Lipinski definition) is 4. The van der Waals surface area contributed by atoms with Gasteiger partial charge >= 0.3 is 0 Å². The third-order valence-corrected chi connectivity index (χ3v) is 7.13. The number of H-pyrrole nitrogens is 1. The van der Waals surface area contributed by atoms with E-state index < -0.39 is 34.7 Å². The Hall–Kier alpha value is -5.16. The molecule has 1 heterocycles. The number of benzene rings is 3. The van der Waals surface area contributed by atoms with Gasteiger partial charge in [-0.2, -0.15) is 0 Å². The SMILES string of the molecule is CN(C)Cc1cc(F)cc(-c2cc[nH]c2/C(=C\C=N)Oc2ccc(NC(=O)C3(C(=O)Nc4ccc(F)cc4)CC3)cc2F)c1. The number of aromatic nitrogens is 1. The zero-order valence-corrected chi connectivity index (χ0v) is 24.0. The number of allylic oxidation sites excluding steroid dienone is 1. The molecule has 8 nitrogen and oxygen atoms in total. The highest BCUT2D eigenvalue weighted by atomic mass is 19.1. The minimum atomic E-state index is -1.31. The molecule has 1 fully saturated rings. The van der Waals surface area contributed by atoms with Crippen molar-refractivity contribution < 1.29 is 27.5 Å². The molecule has 2 amide bonds. The molecule has 226 valence electrons. The van der Waals surface area contributed by atoms with Gasteiger partial charge in [-0.1, -0.05) is 0 Å². The number of amides is 2. The Morgan fingerprint density at radius 3 is 2.25 bits per heavy atom. The van der Waals surface area contributed by atoms with Crippen LogP contribution >= 0.6 is 0 Å². The van der Waals surface area contributed by atoms with Gasteiger partial charge in [-0.3, -0.25) is 9.59 Å². The fraction of sp³-hybridized carbons (Fsp3) is 0.182. The van der Waals surface area contributed by atoms with Crippen molar-refractivity contribution in [1.29, 1.82) is 5.41 Å². The monoisotopic (exact) mass is 601 g/mol. The second-order valence-electron chi connectivity index (χ2n) is 10.8. The van der Waals surface area contributed by atoms with Crippen molar-refractivity contribution in [3.63, 3.8) is 0 Å². The zero-order valence-electron chi connectivity index (χ0n) is 24.0. The Morgan fingerprint density at radius 2 is 1.61 bits per heavy atom. The number of rotatable bonds is 11. The van der Waals surface area contributed by atoms with Gasteiger partial charge in [-0.15, -0.1) is 0 Å². The van der Waals surface area contributed by atoms with E-state index in [1.807, 2.05) is 25.1 Å². The van der Waals surface area contributed by atoms with Gasteiger partial charge in [0.2, 0.25) is 11.8 Å². The standard InChI is InChI=1S/C33H30F3N5O3/c1-41(2)19-20-15-21(17-23(35)16-20)26-10-14-38-30(26)29(9-13-37)44-28-8-7-25(18-27(28)36)40-32(43)33(11-12-33)31(42)39-24-5-3-22(34)4-6-24/h3-10,13-18,37-38H,11-12,19H2,1-2H3,(H,39,42)(H,40,43)/b29-9+,37-13?. The van der Waals surface area contributed by atoms with Crippen molar-refractivity contribution in [2.45, 2.75) is 19.4 Å². The number of nitrogens with zero attached hydrogens (tertiary/aromatic N) is 1. The third-order valence-electron chi connectivity index (χ3n) is 7.13. The summed E-state index contributed by atoms with van der Waals surface area (Å²) in [6.45, 7) is 0.526. The van der Waals surface area contributed by atoms with Crippen molar-refractivity contribution in [2.24, 2.45) is 5.41 Å². The van der Waals surface area contributed by atoms with Crippen LogP contribution in [-0.4, -0.2) is 42.0 Å². The number of ether oxygens (including phenoxy) is 1. The molecule has 11 heteroatoms. The molecular formula is C33H30F3N5O3. The summed E-state index contributed by atoms with van der Waals surface area (Å²) in [5.74, 6) is -2.85. The third kappa shape index (κ3) is 6.73. The topological polar surface area (TPSA) is 110 Å². The molecular weight excluding hydrogens is 571 g/mol. The number of halogens is 3. The first-order chi connectivity index (χ1) is 21.1. The Kier molecular flexibility index (Phi) is 8.68. The van der Waals surface area contributed by atoms with Crippen LogP contribution in [0.25, 0.3) is 16.9 Å². The lowest BCUT2D eigenvalue weighted by molar-refractivity contribution is -0.131. The summed E-state index contributed by atoms with van der Waals surface area (Å²) < 4.78 is 48.8. The van der Waals surface area contributed by atoms with Crippen LogP contribution in [0.2, 0.25) is 0 Å². The van der Waals surface area contributed by atoms with Crippen molar-refractivity contribution >= 4 is 35.2 Å². The van der Waals surface area contributed by atoms with Crippen LogP contribution in [-0.2, 0) is 16.1 Å². The number of aromatic amines is 1. The quantitative estimate of drug-likeness (QED) is 0.0884. The Morgan fingerprint density at radius 1 is 0.932 bits per heavy atom. The molecule has 0 aliphatic heterocycles. The van der Waals surface area contributed by atoms with Crippen molar-refractivity contribution in [1.82, 2.24) is 9.88 Å². The fourth-order valence-electron chi connectivity index (χ4n) is 4.82. The summed E-state index contributed by atoms with van der Waals surface area (Å²) >= 11 is 0. The fourth-order valence-corrected chi connectivity index (χ4v) is 4.82. The first-order valence-electron chi connectivity index (χ1n) is 13.8. The highest BCUT2D eigenvalue weighted by molar-refractivity contribution is 6.16. The van der Waals surface area contributed by atoms with E-state index in [4.69, 9.17) is 10.1 Å². The van der Waals surface area contributed by atoms with Crippen molar-refractivity contribution in [3.05, 3.63) is 108 Å². The maximum absolute atomic E-state index is 15.2. The van der Waals surface area contributed by atoms with Crippen LogP contribution in [0.3, 0.4) is 0 Å². The zero-order chi connectivity index (χ0) is 31.4. The minimum absolute atomic E-state index is 0.114. The number of anilines is 2. The van der Waals surface area contributed by atoms with E-state index in [-0.39, 0.29) is 17.2 Å². The van der Waals surface area contributed by atoms with E-state index in [1.54, 1.807) is 12.3 Å². The molecule has 1 aliphatic carbocycles. The van der Waals surface area contributed by atoms with Gasteiger partial charge in [0.1, 0.15) is 17.0 Å². The summed E-state index contributed by atoms with van der Waals surface area (Å²) in [7, 11) is 3.76. The predicted molar refractivity (Wildman–Crippen MR) is 163 cm³/mol. The van der Waals surface area contributed by atoms with Gasteiger partial charge in [0.25, 0.3) is 0 Å². The Balaban J connectivity index is 1.31. The number of hydrogen-bond acceptors (Lipinski definition) is 5. The van der Waals surface area contributed by atoms with E-state index in [0.717, 1.165) is 17.8 Å². The molecule has 0 unspecified atom stereocenters. The van der Waals surface area contributed by atoms with Gasteiger partial charge < -0.3 is 30.7 Å². The van der Waals surface area contributed by atoms with Gasteiger partial charge in [0, 0.05) is 48.0 Å². The Labute approximate surface area is 252 Å². The molecule has 3 aromatic carbocycles. The molecule has 1 aliphatic rings. The summed E-state index contributed by atoms with van der Waals surface area (Å²) in [4.78, 5) is 30.8. The summed E-state index contributed by atoms with van der Waals surface area (Å²) in [6, 6.07) is 15.4. The summed E-state index contributed by atoms with van der Waals surface area (Å²) in [6.07, 6.45) is 4.58. The molecule has 0 spiro atoms. The minimum Gasteiger partial charge on any atom is -0.452 e. The van der Waals surface area contributed by atoms with Gasteiger partial charge in [0.15, 0.2) is 17.3 Å². The average Bonchev–Trinajstić information content (AvgIpc) is 3.65. The lowest BCUT2D eigenvalue weighted by Gasteiger charge is -2.16. The van der Waals surface area contributed by atoms with Crippen LogP contribution in [0.4, 0.5) is 24.5 Å². The second kappa shape index (κ2) is 12.6. The highest BCUT2D eigenvalue weighted by Crippen LogP contribution is 2.47. The molecule has 0 bridgehead atoms.